The van der Waals surface area contributed by atoms with Crippen molar-refractivity contribution in [3.8, 4) is 0 Å². The molecule has 3 nitrogen and oxygen atoms in total. The zero-order chi connectivity index (χ0) is 10.5. The molecule has 0 aliphatic carbocycles. The topological polar surface area (TPSA) is 41.1 Å². The Morgan fingerprint density at radius 1 is 1.40 bits per heavy atom. The standard InChI is InChI=1S/C10H18N2OS2/c13-10(9-7-14-4-5-15-9)12-8-2-1-3-11-6-8/h8-9,11H,1-7H2,(H,12,13)/t8-,9?/m0/s1. The van der Waals surface area contributed by atoms with Crippen molar-refractivity contribution >= 4 is 29.4 Å². The average Bonchev–Trinajstić information content (AvgIpc) is 2.31. The van der Waals surface area contributed by atoms with Gasteiger partial charge < -0.3 is 10.6 Å². The minimum absolute atomic E-state index is 0.186. The molecule has 2 aliphatic heterocycles. The first-order valence-corrected chi connectivity index (χ1v) is 7.77. The van der Waals surface area contributed by atoms with E-state index in [0.717, 1.165) is 31.0 Å². The average molecular weight is 246 g/mol. The molecule has 1 amide bonds. The highest BCUT2D eigenvalue weighted by atomic mass is 32.2. The van der Waals surface area contributed by atoms with Gasteiger partial charge in [-0.25, -0.2) is 0 Å². The number of piperidine rings is 1. The van der Waals surface area contributed by atoms with Crippen molar-refractivity contribution in [1.29, 1.82) is 0 Å². The van der Waals surface area contributed by atoms with E-state index in [2.05, 4.69) is 10.6 Å². The SMILES string of the molecule is O=C(N[C@H]1CCCNC1)C1CSCCS1. The van der Waals surface area contributed by atoms with Crippen molar-refractivity contribution in [2.75, 3.05) is 30.3 Å². The summed E-state index contributed by atoms with van der Waals surface area (Å²) in [7, 11) is 0. The van der Waals surface area contributed by atoms with Gasteiger partial charge in [0.1, 0.15) is 0 Å². The molecule has 2 rings (SSSR count). The zero-order valence-electron chi connectivity index (χ0n) is 8.83. The quantitative estimate of drug-likeness (QED) is 0.753. The number of rotatable bonds is 2. The van der Waals surface area contributed by atoms with E-state index >= 15 is 0 Å². The van der Waals surface area contributed by atoms with Crippen molar-refractivity contribution in [3.63, 3.8) is 0 Å². The fourth-order valence-electron chi connectivity index (χ4n) is 1.91. The Hall–Kier alpha value is 0.130. The van der Waals surface area contributed by atoms with E-state index < -0.39 is 0 Å². The second-order valence-electron chi connectivity index (χ2n) is 3.99. The molecular weight excluding hydrogens is 228 g/mol. The summed E-state index contributed by atoms with van der Waals surface area (Å²) in [5.41, 5.74) is 0. The van der Waals surface area contributed by atoms with Gasteiger partial charge in [0.2, 0.25) is 5.91 Å². The van der Waals surface area contributed by atoms with E-state index in [1.165, 1.54) is 12.2 Å². The second-order valence-corrected chi connectivity index (χ2v) is 6.45. The highest BCUT2D eigenvalue weighted by Gasteiger charge is 2.24. The molecule has 2 atom stereocenters. The maximum atomic E-state index is 11.9. The van der Waals surface area contributed by atoms with E-state index in [9.17, 15) is 4.79 Å². The molecule has 2 fully saturated rings. The Labute approximate surface area is 99.5 Å². The highest BCUT2D eigenvalue weighted by molar-refractivity contribution is 8.07. The zero-order valence-corrected chi connectivity index (χ0v) is 10.5. The van der Waals surface area contributed by atoms with Crippen LogP contribution in [-0.4, -0.2) is 47.5 Å². The minimum atomic E-state index is 0.186. The normalized spacial score (nSPS) is 32.3. The van der Waals surface area contributed by atoms with E-state index in [1.54, 1.807) is 11.8 Å². The number of hydrogen-bond donors (Lipinski definition) is 2. The molecule has 2 heterocycles. The van der Waals surface area contributed by atoms with Crippen LogP contribution in [0.3, 0.4) is 0 Å². The first-order valence-electron chi connectivity index (χ1n) is 5.57. The summed E-state index contributed by atoms with van der Waals surface area (Å²) in [5.74, 6) is 3.54. The number of amides is 1. The third-order valence-corrected chi connectivity index (χ3v) is 5.51. The van der Waals surface area contributed by atoms with Crippen molar-refractivity contribution < 1.29 is 4.79 Å². The molecular formula is C10H18N2OS2. The Kier molecular flexibility index (Phi) is 4.65. The Bertz CT molecular complexity index is 213. The maximum absolute atomic E-state index is 11.9. The molecule has 0 bridgehead atoms. The van der Waals surface area contributed by atoms with Gasteiger partial charge in [0.05, 0.1) is 5.25 Å². The van der Waals surface area contributed by atoms with Crippen LogP contribution < -0.4 is 10.6 Å². The number of carbonyl (C=O) groups excluding carboxylic acids is 1. The van der Waals surface area contributed by atoms with Crippen molar-refractivity contribution in [2.24, 2.45) is 0 Å². The van der Waals surface area contributed by atoms with Crippen molar-refractivity contribution in [3.05, 3.63) is 0 Å². The predicted octanol–water partition coefficient (Wildman–Crippen LogP) is 0.703. The van der Waals surface area contributed by atoms with Crippen LogP contribution in [0.1, 0.15) is 12.8 Å². The molecule has 15 heavy (non-hydrogen) atoms. The van der Waals surface area contributed by atoms with Gasteiger partial charge in [-0.2, -0.15) is 11.8 Å². The third kappa shape index (κ3) is 3.57. The Balaban J connectivity index is 1.74. The Morgan fingerprint density at radius 3 is 3.00 bits per heavy atom. The van der Waals surface area contributed by atoms with Gasteiger partial charge in [0.15, 0.2) is 0 Å². The van der Waals surface area contributed by atoms with E-state index in [4.69, 9.17) is 0 Å². The van der Waals surface area contributed by atoms with Gasteiger partial charge in [0.25, 0.3) is 0 Å². The van der Waals surface area contributed by atoms with Gasteiger partial charge in [-0.15, -0.1) is 11.8 Å². The molecule has 0 saturated carbocycles. The molecule has 2 aliphatic rings. The summed E-state index contributed by atoms with van der Waals surface area (Å²) in [6.45, 7) is 2.04. The summed E-state index contributed by atoms with van der Waals surface area (Å²) in [6, 6.07) is 0.360. The van der Waals surface area contributed by atoms with Gasteiger partial charge >= 0.3 is 0 Å². The van der Waals surface area contributed by atoms with E-state index in [-0.39, 0.29) is 11.2 Å². The van der Waals surface area contributed by atoms with Gasteiger partial charge in [-0.1, -0.05) is 0 Å². The molecule has 2 N–H and O–H groups in total. The van der Waals surface area contributed by atoms with Crippen LogP contribution in [0.5, 0.6) is 0 Å². The molecule has 0 aromatic carbocycles. The van der Waals surface area contributed by atoms with Gasteiger partial charge in [-0.3, -0.25) is 4.79 Å². The van der Waals surface area contributed by atoms with Crippen LogP contribution in [0.15, 0.2) is 0 Å². The molecule has 0 aromatic rings. The lowest BCUT2D eigenvalue weighted by Crippen LogP contribution is -2.49. The third-order valence-electron chi connectivity index (χ3n) is 2.75. The fraction of sp³-hybridized carbons (Fsp3) is 0.900. The Morgan fingerprint density at radius 2 is 2.33 bits per heavy atom. The van der Waals surface area contributed by atoms with Crippen LogP contribution in [0.4, 0.5) is 0 Å². The summed E-state index contributed by atoms with van der Waals surface area (Å²) >= 11 is 3.70. The van der Waals surface area contributed by atoms with Gasteiger partial charge in [-0.05, 0) is 19.4 Å². The number of hydrogen-bond acceptors (Lipinski definition) is 4. The van der Waals surface area contributed by atoms with E-state index in [0.29, 0.717) is 6.04 Å². The smallest absolute Gasteiger partial charge is 0.234 e. The van der Waals surface area contributed by atoms with Crippen LogP contribution in [0, 0.1) is 0 Å². The van der Waals surface area contributed by atoms with Gasteiger partial charge in [0, 0.05) is 29.8 Å². The molecule has 1 unspecified atom stereocenters. The first kappa shape index (κ1) is 11.6. The lowest BCUT2D eigenvalue weighted by Gasteiger charge is -2.27. The van der Waals surface area contributed by atoms with Crippen LogP contribution in [0.25, 0.3) is 0 Å². The number of thioether (sulfide) groups is 2. The number of carbonyl (C=O) groups is 1. The summed E-state index contributed by atoms with van der Waals surface area (Å²) in [6.07, 6.45) is 2.31. The van der Waals surface area contributed by atoms with Crippen molar-refractivity contribution in [2.45, 2.75) is 24.1 Å². The predicted molar refractivity (Wildman–Crippen MR) is 67.6 cm³/mol. The first-order chi connectivity index (χ1) is 7.36. The van der Waals surface area contributed by atoms with Crippen molar-refractivity contribution in [1.82, 2.24) is 10.6 Å². The van der Waals surface area contributed by atoms with Crippen LogP contribution in [0.2, 0.25) is 0 Å². The molecule has 86 valence electrons. The highest BCUT2D eigenvalue weighted by Crippen LogP contribution is 2.24. The number of nitrogens with one attached hydrogen (secondary N) is 2. The summed E-state index contributed by atoms with van der Waals surface area (Å²) in [4.78, 5) is 11.9. The molecule has 0 radical (unpaired) electrons. The lowest BCUT2D eigenvalue weighted by molar-refractivity contribution is -0.121. The van der Waals surface area contributed by atoms with Crippen LogP contribution >= 0.6 is 23.5 Å². The largest absolute Gasteiger partial charge is 0.351 e. The molecule has 2 saturated heterocycles. The van der Waals surface area contributed by atoms with E-state index in [1.807, 2.05) is 11.8 Å². The molecule has 5 heteroatoms. The summed E-state index contributed by atoms with van der Waals surface area (Å²) < 4.78 is 0. The molecule has 0 aromatic heterocycles. The monoisotopic (exact) mass is 246 g/mol. The minimum Gasteiger partial charge on any atom is -0.351 e. The molecule has 0 spiro atoms. The second kappa shape index (κ2) is 6.01. The lowest BCUT2D eigenvalue weighted by atomic mass is 10.1. The fourth-order valence-corrected chi connectivity index (χ4v) is 4.47. The summed E-state index contributed by atoms with van der Waals surface area (Å²) in [5, 5.41) is 6.66. The maximum Gasteiger partial charge on any atom is 0.234 e. The van der Waals surface area contributed by atoms with Crippen LogP contribution in [-0.2, 0) is 4.79 Å².